The first kappa shape index (κ1) is 16.8. The lowest BCUT2D eigenvalue weighted by molar-refractivity contribution is 0.406. The molecule has 0 saturated carbocycles. The van der Waals surface area contributed by atoms with Crippen molar-refractivity contribution >= 4 is 23.0 Å². The topological polar surface area (TPSA) is 48.0 Å². The maximum atomic E-state index is 12.4. The SMILES string of the molecule is CC[C@](C)(N[S+]([O-])C(C)(C)C)c1cc(Cl)ncc1C. The Morgan fingerprint density at radius 3 is 2.42 bits per heavy atom. The van der Waals surface area contributed by atoms with Crippen molar-refractivity contribution in [1.29, 1.82) is 0 Å². The average molecular weight is 303 g/mol. The highest BCUT2D eigenvalue weighted by molar-refractivity contribution is 7.90. The molecular formula is C14H23ClN2OS. The van der Waals surface area contributed by atoms with Gasteiger partial charge in [-0.2, -0.15) is 0 Å². The van der Waals surface area contributed by atoms with Crippen LogP contribution < -0.4 is 4.72 Å². The van der Waals surface area contributed by atoms with Crippen LogP contribution in [-0.2, 0) is 16.9 Å². The van der Waals surface area contributed by atoms with Gasteiger partial charge in [-0.25, -0.2) is 4.98 Å². The molecule has 0 radical (unpaired) electrons. The molecule has 3 nitrogen and oxygen atoms in total. The zero-order valence-electron chi connectivity index (χ0n) is 12.5. The Kier molecular flexibility index (Phi) is 5.29. The number of hydrogen-bond acceptors (Lipinski definition) is 3. The van der Waals surface area contributed by atoms with Crippen LogP contribution in [0.2, 0.25) is 5.15 Å². The van der Waals surface area contributed by atoms with E-state index in [0.717, 1.165) is 17.5 Å². The summed E-state index contributed by atoms with van der Waals surface area (Å²) in [5.74, 6) is 0. The predicted octanol–water partition coefficient (Wildman–Crippen LogP) is 3.72. The van der Waals surface area contributed by atoms with Crippen LogP contribution in [0, 0.1) is 6.92 Å². The number of pyridine rings is 1. The van der Waals surface area contributed by atoms with Crippen LogP contribution in [0.25, 0.3) is 0 Å². The fraction of sp³-hybridized carbons (Fsp3) is 0.643. The summed E-state index contributed by atoms with van der Waals surface area (Å²) in [6.45, 7) is 12.0. The van der Waals surface area contributed by atoms with Crippen molar-refractivity contribution in [3.05, 3.63) is 28.5 Å². The van der Waals surface area contributed by atoms with Gasteiger partial charge in [0.05, 0.1) is 5.54 Å². The largest absolute Gasteiger partial charge is 0.598 e. The van der Waals surface area contributed by atoms with Gasteiger partial charge in [-0.1, -0.05) is 18.5 Å². The van der Waals surface area contributed by atoms with Crippen molar-refractivity contribution in [2.45, 2.75) is 58.2 Å². The van der Waals surface area contributed by atoms with Crippen molar-refractivity contribution in [1.82, 2.24) is 9.71 Å². The fourth-order valence-corrected chi connectivity index (χ4v) is 2.90. The highest BCUT2D eigenvalue weighted by Gasteiger charge is 2.36. The zero-order chi connectivity index (χ0) is 14.8. The number of halogens is 1. The molecule has 5 heteroatoms. The minimum atomic E-state index is -1.14. The lowest BCUT2D eigenvalue weighted by Crippen LogP contribution is -2.49. The van der Waals surface area contributed by atoms with Crippen LogP contribution in [-0.4, -0.2) is 14.3 Å². The molecule has 1 unspecified atom stereocenters. The Labute approximate surface area is 124 Å². The summed E-state index contributed by atoms with van der Waals surface area (Å²) in [6, 6.07) is 1.85. The van der Waals surface area contributed by atoms with Gasteiger partial charge in [0, 0.05) is 17.6 Å². The Morgan fingerprint density at radius 1 is 1.37 bits per heavy atom. The number of hydrogen-bond donors (Lipinski definition) is 1. The maximum Gasteiger partial charge on any atom is 0.136 e. The molecule has 0 saturated heterocycles. The first-order valence-corrected chi connectivity index (χ1v) is 7.95. The highest BCUT2D eigenvalue weighted by atomic mass is 35.5. The van der Waals surface area contributed by atoms with E-state index >= 15 is 0 Å². The molecule has 108 valence electrons. The standard InChI is InChI=1S/C14H23ClN2OS/c1-7-14(6,17-19(18)13(3,4)5)11-8-12(15)16-9-10(11)2/h8-9,17H,7H2,1-6H3/t14-,19?/m0/s1. The Morgan fingerprint density at radius 2 is 1.95 bits per heavy atom. The number of nitrogens with zero attached hydrogens (tertiary/aromatic N) is 1. The fourth-order valence-electron chi connectivity index (χ4n) is 1.77. The molecule has 1 heterocycles. The molecule has 0 spiro atoms. The molecule has 2 atom stereocenters. The van der Waals surface area contributed by atoms with Crippen molar-refractivity contribution in [3.63, 3.8) is 0 Å². The summed E-state index contributed by atoms with van der Waals surface area (Å²) in [6.07, 6.45) is 2.57. The van der Waals surface area contributed by atoms with E-state index in [1.807, 2.05) is 33.8 Å². The summed E-state index contributed by atoms with van der Waals surface area (Å²) in [7, 11) is 0. The number of nitrogens with one attached hydrogen (secondary N) is 1. The van der Waals surface area contributed by atoms with Crippen molar-refractivity contribution in [2.24, 2.45) is 0 Å². The molecule has 0 aliphatic rings. The molecule has 1 aromatic heterocycles. The molecule has 0 aliphatic heterocycles. The van der Waals surface area contributed by atoms with Crippen LogP contribution >= 0.6 is 11.6 Å². The van der Waals surface area contributed by atoms with Gasteiger partial charge in [0.25, 0.3) is 0 Å². The smallest absolute Gasteiger partial charge is 0.136 e. The van der Waals surface area contributed by atoms with Gasteiger partial charge in [-0.15, -0.1) is 4.72 Å². The van der Waals surface area contributed by atoms with E-state index < -0.39 is 11.4 Å². The summed E-state index contributed by atoms with van der Waals surface area (Å²) in [5, 5.41) is 0.462. The Hall–Kier alpha value is -0.290. The molecule has 0 amide bonds. The quantitative estimate of drug-likeness (QED) is 0.681. The molecule has 1 rings (SSSR count). The van der Waals surface area contributed by atoms with Crippen molar-refractivity contribution in [3.8, 4) is 0 Å². The van der Waals surface area contributed by atoms with E-state index in [1.165, 1.54) is 0 Å². The van der Waals surface area contributed by atoms with Crippen LogP contribution in [0.3, 0.4) is 0 Å². The number of aromatic nitrogens is 1. The first-order valence-electron chi connectivity index (χ1n) is 6.42. The normalized spacial score (nSPS) is 17.1. The Bertz CT molecular complexity index is 448. The van der Waals surface area contributed by atoms with Crippen LogP contribution in [0.4, 0.5) is 0 Å². The van der Waals surface area contributed by atoms with Gasteiger partial charge in [-0.3, -0.25) is 0 Å². The number of aryl methyl sites for hydroxylation is 1. The molecule has 1 aromatic rings. The van der Waals surface area contributed by atoms with Gasteiger partial charge in [0.1, 0.15) is 9.90 Å². The third-order valence-electron chi connectivity index (χ3n) is 3.25. The first-order chi connectivity index (χ1) is 8.60. The maximum absolute atomic E-state index is 12.4. The minimum Gasteiger partial charge on any atom is -0.598 e. The second-order valence-corrected chi connectivity index (χ2v) is 8.34. The second kappa shape index (κ2) is 6.00. The van der Waals surface area contributed by atoms with Crippen molar-refractivity contribution < 1.29 is 4.55 Å². The summed E-state index contributed by atoms with van der Waals surface area (Å²) in [5.41, 5.74) is 1.72. The van der Waals surface area contributed by atoms with E-state index in [1.54, 1.807) is 6.20 Å². The second-order valence-electron chi connectivity index (χ2n) is 5.99. The zero-order valence-corrected chi connectivity index (χ0v) is 14.1. The molecule has 1 N–H and O–H groups in total. The molecular weight excluding hydrogens is 280 g/mol. The molecule has 0 aromatic carbocycles. The van der Waals surface area contributed by atoms with Gasteiger partial charge in [0.2, 0.25) is 0 Å². The molecule has 0 bridgehead atoms. The molecule has 0 fully saturated rings. The van der Waals surface area contributed by atoms with E-state index in [-0.39, 0.29) is 10.3 Å². The van der Waals surface area contributed by atoms with E-state index in [9.17, 15) is 4.55 Å². The van der Waals surface area contributed by atoms with Crippen LogP contribution in [0.15, 0.2) is 12.3 Å². The summed E-state index contributed by atoms with van der Waals surface area (Å²) >= 11 is 4.86. The summed E-state index contributed by atoms with van der Waals surface area (Å²) < 4.78 is 15.3. The van der Waals surface area contributed by atoms with E-state index in [2.05, 4.69) is 23.6 Å². The van der Waals surface area contributed by atoms with Gasteiger partial charge in [-0.05, 0) is 58.2 Å². The monoisotopic (exact) mass is 302 g/mol. The third kappa shape index (κ3) is 4.09. The van der Waals surface area contributed by atoms with Gasteiger partial charge >= 0.3 is 0 Å². The average Bonchev–Trinajstić information content (AvgIpc) is 2.30. The van der Waals surface area contributed by atoms with E-state index in [4.69, 9.17) is 11.6 Å². The predicted molar refractivity (Wildman–Crippen MR) is 82.7 cm³/mol. The number of rotatable bonds is 4. The Balaban J connectivity index is 3.13. The lowest BCUT2D eigenvalue weighted by Gasteiger charge is -2.35. The van der Waals surface area contributed by atoms with Gasteiger partial charge in [0.15, 0.2) is 0 Å². The summed E-state index contributed by atoms with van der Waals surface area (Å²) in [4.78, 5) is 4.08. The lowest BCUT2D eigenvalue weighted by atomic mass is 9.88. The van der Waals surface area contributed by atoms with E-state index in [0.29, 0.717) is 5.15 Å². The molecule has 19 heavy (non-hydrogen) atoms. The minimum absolute atomic E-state index is 0.304. The van der Waals surface area contributed by atoms with Gasteiger partial charge < -0.3 is 4.55 Å². The highest BCUT2D eigenvalue weighted by Crippen LogP contribution is 2.31. The van der Waals surface area contributed by atoms with Crippen molar-refractivity contribution in [2.75, 3.05) is 0 Å². The van der Waals surface area contributed by atoms with Crippen LogP contribution in [0.5, 0.6) is 0 Å². The van der Waals surface area contributed by atoms with Crippen LogP contribution in [0.1, 0.15) is 52.2 Å². The molecule has 0 aliphatic carbocycles. The third-order valence-corrected chi connectivity index (χ3v) is 5.20.